The van der Waals surface area contributed by atoms with E-state index in [1.165, 1.54) is 11.1 Å². The molecule has 2 aromatic carbocycles. The van der Waals surface area contributed by atoms with Gasteiger partial charge in [-0.3, -0.25) is 4.79 Å². The zero-order valence-corrected chi connectivity index (χ0v) is 15.1. The first-order chi connectivity index (χ1) is 12.0. The van der Waals surface area contributed by atoms with Crippen LogP contribution in [0.2, 0.25) is 0 Å². The van der Waals surface area contributed by atoms with Crippen molar-refractivity contribution in [1.29, 1.82) is 0 Å². The van der Waals surface area contributed by atoms with Crippen LogP contribution in [0.3, 0.4) is 0 Å². The summed E-state index contributed by atoms with van der Waals surface area (Å²) in [7, 11) is 0. The van der Waals surface area contributed by atoms with E-state index < -0.39 is 5.72 Å². The quantitative estimate of drug-likeness (QED) is 0.777. The Labute approximate surface area is 149 Å². The highest BCUT2D eigenvalue weighted by molar-refractivity contribution is 5.88. The maximum atomic E-state index is 12.8. The number of allylic oxidation sites excluding steroid dienone is 1. The van der Waals surface area contributed by atoms with Gasteiger partial charge in [0, 0.05) is 5.92 Å². The van der Waals surface area contributed by atoms with E-state index >= 15 is 0 Å². The van der Waals surface area contributed by atoms with Crippen LogP contribution >= 0.6 is 0 Å². The minimum atomic E-state index is -0.622. The van der Waals surface area contributed by atoms with Crippen molar-refractivity contribution in [3.8, 4) is 0 Å². The fourth-order valence-corrected chi connectivity index (χ4v) is 3.69. The number of hydrogen-bond donors (Lipinski definition) is 0. The Balaban J connectivity index is 2.08. The van der Waals surface area contributed by atoms with Crippen molar-refractivity contribution < 1.29 is 9.53 Å². The van der Waals surface area contributed by atoms with Crippen LogP contribution in [0.5, 0.6) is 0 Å². The third-order valence-electron chi connectivity index (χ3n) is 4.77. The number of amides is 1. The predicted octanol–water partition coefficient (Wildman–Crippen LogP) is 4.36. The fourth-order valence-electron chi connectivity index (χ4n) is 3.69. The van der Waals surface area contributed by atoms with Crippen molar-refractivity contribution in [3.63, 3.8) is 0 Å². The molecule has 0 aliphatic carbocycles. The number of rotatable bonds is 4. The van der Waals surface area contributed by atoms with Gasteiger partial charge in [0.15, 0.2) is 0 Å². The topological polar surface area (TPSA) is 29.5 Å². The summed E-state index contributed by atoms with van der Waals surface area (Å²) >= 11 is 0. The molecular weight excluding hydrogens is 310 g/mol. The zero-order valence-electron chi connectivity index (χ0n) is 15.1. The molecule has 0 saturated carbocycles. The van der Waals surface area contributed by atoms with Gasteiger partial charge in [-0.15, -0.1) is 0 Å². The Morgan fingerprint density at radius 1 is 1.08 bits per heavy atom. The number of carbonyl (C=O) groups is 1. The van der Waals surface area contributed by atoms with Gasteiger partial charge >= 0.3 is 0 Å². The number of nitrogens with zero attached hydrogens (tertiary/aromatic N) is 1. The lowest BCUT2D eigenvalue weighted by molar-refractivity contribution is -0.140. The van der Waals surface area contributed by atoms with Crippen LogP contribution in [0.4, 0.5) is 0 Å². The molecule has 2 aromatic rings. The smallest absolute Gasteiger partial charge is 0.248 e. The average molecular weight is 335 g/mol. The summed E-state index contributed by atoms with van der Waals surface area (Å²) < 4.78 is 6.03. The normalized spacial score (nSPS) is 19.7. The average Bonchev–Trinajstić information content (AvgIpc) is 2.92. The van der Waals surface area contributed by atoms with Crippen LogP contribution < -0.4 is 0 Å². The molecule has 0 spiro atoms. The van der Waals surface area contributed by atoms with Crippen LogP contribution in [0, 0.1) is 0 Å². The van der Waals surface area contributed by atoms with Gasteiger partial charge < -0.3 is 9.64 Å². The van der Waals surface area contributed by atoms with Gasteiger partial charge in [0.1, 0.15) is 5.72 Å². The molecular formula is C22H25NO2. The first-order valence-corrected chi connectivity index (χ1v) is 8.74. The Morgan fingerprint density at radius 3 is 2.08 bits per heavy atom. The second-order valence-corrected chi connectivity index (χ2v) is 6.83. The predicted molar refractivity (Wildman–Crippen MR) is 100 cm³/mol. The van der Waals surface area contributed by atoms with E-state index in [1.807, 2.05) is 62.1 Å². The molecule has 0 radical (unpaired) electrons. The van der Waals surface area contributed by atoms with Crippen molar-refractivity contribution >= 4 is 5.91 Å². The minimum absolute atomic E-state index is 0.00753. The van der Waals surface area contributed by atoms with Gasteiger partial charge in [0.25, 0.3) is 0 Å². The third-order valence-corrected chi connectivity index (χ3v) is 4.77. The van der Waals surface area contributed by atoms with Crippen molar-refractivity contribution in [2.24, 2.45) is 0 Å². The molecule has 1 aliphatic rings. The molecule has 1 atom stereocenters. The summed E-state index contributed by atoms with van der Waals surface area (Å²) in [6.45, 7) is 6.30. The van der Waals surface area contributed by atoms with Gasteiger partial charge in [0.2, 0.25) is 5.91 Å². The second kappa shape index (κ2) is 7.24. The van der Waals surface area contributed by atoms with E-state index in [-0.39, 0.29) is 17.9 Å². The maximum Gasteiger partial charge on any atom is 0.248 e. The van der Waals surface area contributed by atoms with Crippen LogP contribution in [-0.4, -0.2) is 29.2 Å². The minimum Gasteiger partial charge on any atom is -0.354 e. The molecule has 3 nitrogen and oxygen atoms in total. The molecule has 1 saturated heterocycles. The van der Waals surface area contributed by atoms with Crippen LogP contribution in [0.15, 0.2) is 72.8 Å². The Kier molecular flexibility index (Phi) is 5.05. The SMILES string of the molecule is C/C=C/C(=O)N1C(C(c2ccccc2)c2ccccc2)COC1(C)C. The molecule has 1 fully saturated rings. The first kappa shape index (κ1) is 17.4. The van der Waals surface area contributed by atoms with Gasteiger partial charge in [-0.1, -0.05) is 66.7 Å². The van der Waals surface area contributed by atoms with Crippen molar-refractivity contribution in [2.45, 2.75) is 38.5 Å². The molecule has 0 N–H and O–H groups in total. The zero-order chi connectivity index (χ0) is 17.9. The first-order valence-electron chi connectivity index (χ1n) is 8.74. The highest BCUT2D eigenvalue weighted by Gasteiger charge is 2.46. The highest BCUT2D eigenvalue weighted by Crippen LogP contribution is 2.39. The van der Waals surface area contributed by atoms with Gasteiger partial charge in [0.05, 0.1) is 12.6 Å². The van der Waals surface area contributed by atoms with Crippen molar-refractivity contribution in [3.05, 3.63) is 83.9 Å². The van der Waals surface area contributed by atoms with Crippen LogP contribution in [-0.2, 0) is 9.53 Å². The van der Waals surface area contributed by atoms with Crippen LogP contribution in [0.25, 0.3) is 0 Å². The number of carbonyl (C=O) groups excluding carboxylic acids is 1. The largest absolute Gasteiger partial charge is 0.354 e. The van der Waals surface area contributed by atoms with E-state index in [0.717, 1.165) is 0 Å². The van der Waals surface area contributed by atoms with E-state index in [4.69, 9.17) is 4.74 Å². The van der Waals surface area contributed by atoms with Crippen molar-refractivity contribution in [1.82, 2.24) is 4.90 Å². The Bertz CT molecular complexity index is 698. The number of hydrogen-bond acceptors (Lipinski definition) is 2. The molecule has 25 heavy (non-hydrogen) atoms. The lowest BCUT2D eigenvalue weighted by atomic mass is 9.84. The molecule has 0 bridgehead atoms. The monoisotopic (exact) mass is 335 g/mol. The molecule has 1 amide bonds. The summed E-state index contributed by atoms with van der Waals surface area (Å²) in [6.07, 6.45) is 3.41. The second-order valence-electron chi connectivity index (χ2n) is 6.83. The Hall–Kier alpha value is -2.39. The van der Waals surface area contributed by atoms with E-state index in [0.29, 0.717) is 6.61 Å². The third kappa shape index (κ3) is 3.52. The molecule has 0 aromatic heterocycles. The fraction of sp³-hybridized carbons (Fsp3) is 0.318. The number of benzene rings is 2. The molecule has 3 heteroatoms. The molecule has 130 valence electrons. The van der Waals surface area contributed by atoms with Gasteiger partial charge in [-0.05, 0) is 38.0 Å². The molecule has 1 unspecified atom stereocenters. The van der Waals surface area contributed by atoms with Gasteiger partial charge in [-0.25, -0.2) is 0 Å². The summed E-state index contributed by atoms with van der Waals surface area (Å²) in [6, 6.07) is 20.7. The molecule has 1 heterocycles. The maximum absolute atomic E-state index is 12.8. The van der Waals surface area contributed by atoms with Crippen molar-refractivity contribution in [2.75, 3.05) is 6.61 Å². The van der Waals surface area contributed by atoms with Gasteiger partial charge in [-0.2, -0.15) is 0 Å². The molecule has 3 rings (SSSR count). The van der Waals surface area contributed by atoms with E-state index in [9.17, 15) is 4.79 Å². The lowest BCUT2D eigenvalue weighted by Crippen LogP contribution is -2.49. The summed E-state index contributed by atoms with van der Waals surface area (Å²) in [5.41, 5.74) is 1.76. The highest BCUT2D eigenvalue weighted by atomic mass is 16.5. The van der Waals surface area contributed by atoms with E-state index in [1.54, 1.807) is 12.2 Å². The van der Waals surface area contributed by atoms with E-state index in [2.05, 4.69) is 24.3 Å². The standard InChI is InChI=1S/C22H25NO2/c1-4-11-20(24)23-19(16-25-22(23,2)3)21(17-12-7-5-8-13-17)18-14-9-6-10-15-18/h4-15,19,21H,16H2,1-3H3/b11-4+. The Morgan fingerprint density at radius 2 is 1.60 bits per heavy atom. The lowest BCUT2D eigenvalue weighted by Gasteiger charge is -2.36. The molecule has 1 aliphatic heterocycles. The van der Waals surface area contributed by atoms with Crippen LogP contribution in [0.1, 0.15) is 37.8 Å². The summed E-state index contributed by atoms with van der Waals surface area (Å²) in [5, 5.41) is 0. The summed E-state index contributed by atoms with van der Waals surface area (Å²) in [5.74, 6) is 0.0604. The summed E-state index contributed by atoms with van der Waals surface area (Å²) in [4.78, 5) is 14.7. The number of ether oxygens (including phenoxy) is 1.